The molecule has 0 saturated heterocycles. The molecule has 1 amide bonds. The van der Waals surface area contributed by atoms with Crippen molar-refractivity contribution in [3.05, 3.63) is 62.2 Å². The minimum atomic E-state index is -2.97. The van der Waals surface area contributed by atoms with E-state index in [1.54, 1.807) is 5.38 Å². The number of nitrogens with zero attached hydrogens (tertiary/aromatic N) is 3. The van der Waals surface area contributed by atoms with E-state index in [4.69, 9.17) is 11.6 Å². The highest BCUT2D eigenvalue weighted by molar-refractivity contribution is 7.14. The Hall–Kier alpha value is -2.65. The molecule has 0 fully saturated rings. The van der Waals surface area contributed by atoms with Gasteiger partial charge in [0.2, 0.25) is 5.91 Å². The molecule has 1 aromatic carbocycles. The number of carbonyl (C=O) groups is 1. The van der Waals surface area contributed by atoms with Gasteiger partial charge in [0.15, 0.2) is 4.47 Å². The molecule has 2 aromatic heterocycles. The zero-order chi connectivity index (χ0) is 20.5. The molecule has 2 heterocycles. The van der Waals surface area contributed by atoms with Crippen molar-refractivity contribution in [1.29, 1.82) is 0 Å². The van der Waals surface area contributed by atoms with Crippen molar-refractivity contribution >= 4 is 34.5 Å². The van der Waals surface area contributed by atoms with Gasteiger partial charge in [-0.1, -0.05) is 23.7 Å². The lowest BCUT2D eigenvalue weighted by Crippen LogP contribution is -2.33. The van der Waals surface area contributed by atoms with Crippen LogP contribution in [0.1, 0.15) is 25.5 Å². The minimum Gasteiger partial charge on any atom is -0.324 e. The maximum absolute atomic E-state index is 13.3. The Morgan fingerprint density at radius 2 is 1.89 bits per heavy atom. The summed E-state index contributed by atoms with van der Waals surface area (Å²) in [5, 5.41) is 8.48. The quantitative estimate of drug-likeness (QED) is 0.661. The van der Waals surface area contributed by atoms with Crippen molar-refractivity contribution in [2.45, 2.75) is 25.8 Å². The number of amides is 1. The number of hydrogen-bond acceptors (Lipinski definition) is 5. The van der Waals surface area contributed by atoms with E-state index in [2.05, 4.69) is 15.4 Å². The van der Waals surface area contributed by atoms with Crippen LogP contribution in [-0.4, -0.2) is 20.7 Å². The Labute approximate surface area is 167 Å². The lowest BCUT2D eigenvalue weighted by molar-refractivity contribution is -0.119. The second-order valence-corrected chi connectivity index (χ2v) is 7.56. The van der Waals surface area contributed by atoms with Crippen LogP contribution in [0, 0.1) is 0 Å². The van der Waals surface area contributed by atoms with Crippen molar-refractivity contribution in [2.75, 3.05) is 5.32 Å². The third-order valence-corrected chi connectivity index (χ3v) is 4.95. The third-order valence-electron chi connectivity index (χ3n) is 3.97. The smallest absolute Gasteiger partial charge is 0.270 e. The van der Waals surface area contributed by atoms with Gasteiger partial charge in [0.05, 0.1) is 0 Å². The lowest BCUT2D eigenvalue weighted by Gasteiger charge is -2.15. The lowest BCUT2D eigenvalue weighted by atomic mass is 10.1. The number of hydrogen-bond donors (Lipinski definition) is 1. The number of alkyl halides is 2. The van der Waals surface area contributed by atoms with Gasteiger partial charge in [0, 0.05) is 29.6 Å². The number of anilines is 1. The van der Waals surface area contributed by atoms with Gasteiger partial charge in [-0.3, -0.25) is 9.59 Å². The number of benzene rings is 1. The largest absolute Gasteiger partial charge is 0.324 e. The summed E-state index contributed by atoms with van der Waals surface area (Å²) < 4.78 is 27.9. The summed E-state index contributed by atoms with van der Waals surface area (Å²) in [6.45, 7) is 2.30. The topological polar surface area (TPSA) is 76.9 Å². The number of thiazole rings is 1. The highest BCUT2D eigenvalue weighted by Gasteiger charge is 2.24. The molecule has 0 spiro atoms. The molecule has 10 heteroatoms. The highest BCUT2D eigenvalue weighted by atomic mass is 35.5. The number of rotatable bonds is 5. The Morgan fingerprint density at radius 3 is 2.46 bits per heavy atom. The van der Waals surface area contributed by atoms with E-state index >= 15 is 0 Å². The molecule has 28 heavy (non-hydrogen) atoms. The van der Waals surface area contributed by atoms with Gasteiger partial charge >= 0.3 is 0 Å². The van der Waals surface area contributed by atoms with E-state index < -0.39 is 23.4 Å². The number of nitrogens with one attached hydrogen (secondary N) is 1. The average Bonchev–Trinajstić information content (AvgIpc) is 3.07. The first kappa shape index (κ1) is 20.1. The minimum absolute atomic E-state index is 0.161. The molecule has 0 aliphatic heterocycles. The van der Waals surface area contributed by atoms with Crippen molar-refractivity contribution in [2.24, 2.45) is 0 Å². The molecule has 146 valence electrons. The molecule has 1 atom stereocenters. The molecule has 0 saturated carbocycles. The van der Waals surface area contributed by atoms with E-state index in [9.17, 15) is 18.4 Å². The number of aromatic nitrogens is 3. The van der Waals surface area contributed by atoms with Gasteiger partial charge < -0.3 is 5.32 Å². The van der Waals surface area contributed by atoms with Gasteiger partial charge in [-0.15, -0.1) is 11.3 Å². The summed E-state index contributed by atoms with van der Waals surface area (Å²) >= 11 is 7.05. The van der Waals surface area contributed by atoms with Gasteiger partial charge in [-0.25, -0.2) is 18.4 Å². The van der Waals surface area contributed by atoms with Crippen molar-refractivity contribution in [3.63, 3.8) is 0 Å². The Kier molecular flexibility index (Phi) is 5.57. The zero-order valence-electron chi connectivity index (χ0n) is 14.8. The van der Waals surface area contributed by atoms with Crippen molar-refractivity contribution in [1.82, 2.24) is 14.8 Å². The van der Waals surface area contributed by atoms with Crippen LogP contribution >= 0.6 is 22.9 Å². The van der Waals surface area contributed by atoms with Crippen molar-refractivity contribution in [3.8, 4) is 11.4 Å². The van der Waals surface area contributed by atoms with E-state index in [-0.39, 0.29) is 5.56 Å². The van der Waals surface area contributed by atoms with Gasteiger partial charge in [-0.05, 0) is 25.1 Å². The normalized spacial score (nSPS) is 12.6. The van der Waals surface area contributed by atoms with E-state index in [0.717, 1.165) is 11.6 Å². The molecule has 0 radical (unpaired) electrons. The van der Waals surface area contributed by atoms with Crippen LogP contribution in [-0.2, 0) is 10.7 Å². The van der Waals surface area contributed by atoms with Crippen LogP contribution in [0.2, 0.25) is 4.47 Å². The number of carbonyl (C=O) groups excluding carboxylic acids is 1. The Balaban J connectivity index is 1.80. The fourth-order valence-corrected chi connectivity index (χ4v) is 3.17. The summed E-state index contributed by atoms with van der Waals surface area (Å²) in [6, 6.07) is 7.07. The molecule has 1 unspecified atom stereocenters. The van der Waals surface area contributed by atoms with Gasteiger partial charge in [0.25, 0.3) is 11.5 Å². The maximum Gasteiger partial charge on any atom is 0.270 e. The van der Waals surface area contributed by atoms with Gasteiger partial charge in [0.1, 0.15) is 17.4 Å². The molecule has 3 aromatic rings. The Bertz CT molecular complexity index is 1060. The van der Waals surface area contributed by atoms with Gasteiger partial charge in [-0.2, -0.15) is 5.10 Å². The molecule has 3 rings (SSSR count). The summed E-state index contributed by atoms with van der Waals surface area (Å²) in [7, 11) is 0. The molecular formula is C18H15ClF2N4O2S. The molecule has 0 aliphatic carbocycles. The third kappa shape index (κ3) is 4.42. The maximum atomic E-state index is 13.3. The summed E-state index contributed by atoms with van der Waals surface area (Å²) in [6.07, 6.45) is 0. The molecule has 1 N–H and O–H groups in total. The summed E-state index contributed by atoms with van der Waals surface area (Å²) in [4.78, 5) is 28.8. The first-order chi connectivity index (χ1) is 13.1. The van der Waals surface area contributed by atoms with Crippen LogP contribution < -0.4 is 10.9 Å². The standard InChI is InChI=1S/C18H15ClF2N4O2S/c1-10(16(27)22-12-5-3-11(4-6-12)18(2,20)21)25-15(26)8-7-13(24-25)14-9-28-17(19)23-14/h3-10H,1-2H3,(H,22,27). The average molecular weight is 425 g/mol. The van der Waals surface area contributed by atoms with Crippen LogP contribution in [0.15, 0.2) is 46.6 Å². The SMILES string of the molecule is CC(C(=O)Nc1ccc(C(C)(F)F)cc1)n1nc(-c2csc(Cl)n2)ccc1=O. The van der Waals surface area contributed by atoms with Crippen LogP contribution in [0.4, 0.5) is 14.5 Å². The van der Waals surface area contributed by atoms with Crippen LogP contribution in [0.3, 0.4) is 0 Å². The second-order valence-electron chi connectivity index (χ2n) is 6.12. The van der Waals surface area contributed by atoms with E-state index in [1.165, 1.54) is 54.7 Å². The fourth-order valence-electron chi connectivity index (χ4n) is 2.41. The summed E-state index contributed by atoms with van der Waals surface area (Å²) in [5.74, 6) is -3.48. The predicted molar refractivity (Wildman–Crippen MR) is 104 cm³/mol. The van der Waals surface area contributed by atoms with E-state index in [1.807, 2.05) is 0 Å². The number of halogens is 3. The van der Waals surface area contributed by atoms with Crippen molar-refractivity contribution < 1.29 is 13.6 Å². The molecule has 0 aliphatic rings. The predicted octanol–water partition coefficient (Wildman–Crippen LogP) is 4.33. The summed E-state index contributed by atoms with van der Waals surface area (Å²) in [5.41, 5.74) is 0.601. The molecule has 6 nitrogen and oxygen atoms in total. The Morgan fingerprint density at radius 1 is 1.21 bits per heavy atom. The van der Waals surface area contributed by atoms with Crippen LogP contribution in [0.5, 0.6) is 0 Å². The molecule has 0 bridgehead atoms. The first-order valence-corrected chi connectivity index (χ1v) is 9.41. The fraction of sp³-hybridized carbons (Fsp3) is 0.222. The highest BCUT2D eigenvalue weighted by Crippen LogP contribution is 2.28. The molecular weight excluding hydrogens is 410 g/mol. The second kappa shape index (κ2) is 7.76. The zero-order valence-corrected chi connectivity index (χ0v) is 16.4. The van der Waals surface area contributed by atoms with Crippen LogP contribution in [0.25, 0.3) is 11.4 Å². The van der Waals surface area contributed by atoms with E-state index in [0.29, 0.717) is 21.5 Å². The first-order valence-electron chi connectivity index (χ1n) is 8.15. The monoisotopic (exact) mass is 424 g/mol.